The van der Waals surface area contributed by atoms with Crippen LogP contribution in [0.25, 0.3) is 5.69 Å². The molecule has 0 saturated heterocycles. The van der Waals surface area contributed by atoms with Crippen LogP contribution in [-0.2, 0) is 21.4 Å². The summed E-state index contributed by atoms with van der Waals surface area (Å²) >= 11 is 0. The third-order valence-electron chi connectivity index (χ3n) is 5.03. The zero-order chi connectivity index (χ0) is 22.7. The number of anilines is 1. The number of nitrogens with zero attached hydrogens (tertiary/aromatic N) is 3. The molecule has 1 amide bonds. The highest BCUT2D eigenvalue weighted by atomic mass is 32.2. The smallest absolute Gasteiger partial charge is 0.241 e. The number of hydrogen-bond acceptors (Lipinski definition) is 6. The number of aryl methyl sites for hydroxylation is 1. The van der Waals surface area contributed by atoms with Crippen molar-refractivity contribution in [3.05, 3.63) is 66.2 Å². The van der Waals surface area contributed by atoms with Gasteiger partial charge in [-0.15, -0.1) is 0 Å². The highest BCUT2D eigenvalue weighted by Gasteiger charge is 2.23. The van der Waals surface area contributed by atoms with Gasteiger partial charge in [0, 0.05) is 30.7 Å². The average Bonchev–Trinajstić information content (AvgIpc) is 3.21. The van der Waals surface area contributed by atoms with Gasteiger partial charge in [0.25, 0.3) is 0 Å². The van der Waals surface area contributed by atoms with Gasteiger partial charge in [-0.2, -0.15) is 0 Å². The van der Waals surface area contributed by atoms with Gasteiger partial charge in [-0.1, -0.05) is 12.1 Å². The summed E-state index contributed by atoms with van der Waals surface area (Å²) in [5.41, 5.74) is 2.20. The van der Waals surface area contributed by atoms with Crippen LogP contribution in [-0.4, -0.2) is 49.9 Å². The molecular formula is C22H24N4O5S. The molecule has 1 aliphatic heterocycles. The van der Waals surface area contributed by atoms with Crippen LogP contribution in [0.3, 0.4) is 0 Å². The molecule has 0 radical (unpaired) electrons. The fourth-order valence-electron chi connectivity index (χ4n) is 3.40. The predicted molar refractivity (Wildman–Crippen MR) is 120 cm³/mol. The Morgan fingerprint density at radius 2 is 1.84 bits per heavy atom. The summed E-state index contributed by atoms with van der Waals surface area (Å²) in [7, 11) is -3.69. The van der Waals surface area contributed by atoms with E-state index in [1.807, 2.05) is 42.0 Å². The zero-order valence-electron chi connectivity index (χ0n) is 17.8. The second kappa shape index (κ2) is 8.91. The Morgan fingerprint density at radius 3 is 2.50 bits per heavy atom. The number of carbonyl (C=O) groups is 1. The van der Waals surface area contributed by atoms with Crippen molar-refractivity contribution in [1.82, 2.24) is 14.9 Å². The molecule has 0 bridgehead atoms. The van der Waals surface area contributed by atoms with E-state index in [4.69, 9.17) is 9.47 Å². The molecular weight excluding hydrogens is 432 g/mol. The predicted octanol–water partition coefficient (Wildman–Crippen LogP) is 2.03. The van der Waals surface area contributed by atoms with Crippen molar-refractivity contribution < 1.29 is 22.7 Å². The van der Waals surface area contributed by atoms with Gasteiger partial charge < -0.3 is 19.4 Å². The Balaban J connectivity index is 1.41. The highest BCUT2D eigenvalue weighted by molar-refractivity contribution is 7.92. The minimum absolute atomic E-state index is 0.279. The number of nitrogens with one attached hydrogen (secondary N) is 1. The van der Waals surface area contributed by atoms with E-state index in [2.05, 4.69) is 10.3 Å². The Morgan fingerprint density at radius 1 is 1.12 bits per heavy atom. The summed E-state index contributed by atoms with van der Waals surface area (Å²) in [5, 5.41) is 2.78. The molecule has 2 heterocycles. The molecule has 9 nitrogen and oxygen atoms in total. The van der Waals surface area contributed by atoms with Crippen LogP contribution >= 0.6 is 0 Å². The fraction of sp³-hybridized carbons (Fsp3) is 0.273. The Labute approximate surface area is 186 Å². The molecule has 0 aliphatic carbocycles. The van der Waals surface area contributed by atoms with Crippen LogP contribution in [0.5, 0.6) is 11.5 Å². The lowest BCUT2D eigenvalue weighted by atomic mass is 10.2. The summed E-state index contributed by atoms with van der Waals surface area (Å²) < 4.78 is 38.7. The van der Waals surface area contributed by atoms with Gasteiger partial charge in [0.05, 0.1) is 11.9 Å². The number of amides is 1. The summed E-state index contributed by atoms with van der Waals surface area (Å²) in [6.45, 7) is 2.68. The van der Waals surface area contributed by atoms with E-state index in [1.165, 1.54) is 0 Å². The van der Waals surface area contributed by atoms with E-state index in [9.17, 15) is 13.2 Å². The lowest BCUT2D eigenvalue weighted by molar-refractivity contribution is -0.119. The summed E-state index contributed by atoms with van der Waals surface area (Å²) in [6, 6.07) is 12.5. The van der Waals surface area contributed by atoms with Crippen molar-refractivity contribution >= 4 is 21.6 Å². The number of rotatable bonds is 7. The van der Waals surface area contributed by atoms with Crippen molar-refractivity contribution in [3.8, 4) is 17.2 Å². The maximum Gasteiger partial charge on any atom is 0.241 e. The number of benzene rings is 2. The number of aromatic nitrogens is 2. The molecule has 0 saturated carbocycles. The molecule has 0 fully saturated rings. The Bertz CT molecular complexity index is 1220. The molecule has 10 heteroatoms. The van der Waals surface area contributed by atoms with Gasteiger partial charge in [-0.05, 0) is 36.8 Å². The van der Waals surface area contributed by atoms with Crippen LogP contribution in [0.1, 0.15) is 11.4 Å². The van der Waals surface area contributed by atoms with Gasteiger partial charge in [-0.3, -0.25) is 9.10 Å². The molecule has 0 unspecified atom stereocenters. The number of hydrogen-bond donors (Lipinski definition) is 1. The number of sulfonamides is 1. The number of ether oxygens (including phenoxy) is 2. The average molecular weight is 457 g/mol. The third-order valence-corrected chi connectivity index (χ3v) is 6.17. The van der Waals surface area contributed by atoms with Crippen molar-refractivity contribution in [2.75, 3.05) is 30.3 Å². The first-order valence-electron chi connectivity index (χ1n) is 10.0. The molecule has 1 N–H and O–H groups in total. The largest absolute Gasteiger partial charge is 0.486 e. The highest BCUT2D eigenvalue weighted by Crippen LogP contribution is 2.34. The lowest BCUT2D eigenvalue weighted by Gasteiger charge is -2.24. The van der Waals surface area contributed by atoms with Crippen LogP contribution in [0, 0.1) is 6.92 Å². The van der Waals surface area contributed by atoms with Gasteiger partial charge in [0.15, 0.2) is 11.5 Å². The SMILES string of the molecule is Cc1nccn1-c1ccc(CNC(=O)CN(c2ccc3c(c2)OCCO3)S(C)(=O)=O)cc1. The minimum atomic E-state index is -3.69. The normalized spacial score (nSPS) is 12.9. The Kier molecular flexibility index (Phi) is 6.04. The molecule has 168 valence electrons. The zero-order valence-corrected chi connectivity index (χ0v) is 18.6. The van der Waals surface area contributed by atoms with E-state index in [0.717, 1.165) is 27.6 Å². The van der Waals surface area contributed by atoms with Gasteiger partial charge >= 0.3 is 0 Å². The maximum absolute atomic E-state index is 12.5. The van der Waals surface area contributed by atoms with Crippen LogP contribution < -0.4 is 19.1 Å². The second-order valence-corrected chi connectivity index (χ2v) is 9.29. The summed E-state index contributed by atoms with van der Waals surface area (Å²) in [6.07, 6.45) is 4.68. The molecule has 3 aromatic rings. The van der Waals surface area contributed by atoms with Gasteiger partial charge in [0.1, 0.15) is 25.6 Å². The molecule has 4 rings (SSSR count). The molecule has 2 aromatic carbocycles. The van der Waals surface area contributed by atoms with Crippen LogP contribution in [0.4, 0.5) is 5.69 Å². The first-order chi connectivity index (χ1) is 15.3. The van der Waals surface area contributed by atoms with Gasteiger partial charge in [0.2, 0.25) is 15.9 Å². The summed E-state index contributed by atoms with van der Waals surface area (Å²) in [4.78, 5) is 16.8. The van der Waals surface area contributed by atoms with Crippen molar-refractivity contribution in [2.45, 2.75) is 13.5 Å². The standard InChI is InChI=1S/C22H24N4O5S/c1-16-23-9-10-25(16)18-5-3-17(4-6-18)14-24-22(27)15-26(32(2,28)29)19-7-8-20-21(13-19)31-12-11-30-20/h3-10,13H,11-12,14-15H2,1-2H3,(H,24,27). The van der Waals surface area contributed by atoms with Gasteiger partial charge in [-0.25, -0.2) is 13.4 Å². The van der Waals surface area contributed by atoms with Crippen molar-refractivity contribution in [1.29, 1.82) is 0 Å². The monoisotopic (exact) mass is 456 g/mol. The number of fused-ring (bicyclic) bond motifs is 1. The Hall–Kier alpha value is -3.53. The molecule has 1 aromatic heterocycles. The fourth-order valence-corrected chi connectivity index (χ4v) is 4.25. The maximum atomic E-state index is 12.5. The van der Waals surface area contributed by atoms with E-state index in [0.29, 0.717) is 30.4 Å². The van der Waals surface area contributed by atoms with Crippen LogP contribution in [0.15, 0.2) is 54.9 Å². The van der Waals surface area contributed by atoms with E-state index in [-0.39, 0.29) is 13.1 Å². The topological polar surface area (TPSA) is 103 Å². The van der Waals surface area contributed by atoms with Crippen molar-refractivity contribution in [3.63, 3.8) is 0 Å². The second-order valence-electron chi connectivity index (χ2n) is 7.39. The minimum Gasteiger partial charge on any atom is -0.486 e. The van der Waals surface area contributed by atoms with E-state index < -0.39 is 15.9 Å². The first-order valence-corrected chi connectivity index (χ1v) is 11.9. The van der Waals surface area contributed by atoms with E-state index in [1.54, 1.807) is 24.4 Å². The molecule has 32 heavy (non-hydrogen) atoms. The summed E-state index contributed by atoms with van der Waals surface area (Å²) in [5.74, 6) is 1.47. The molecule has 1 aliphatic rings. The molecule has 0 spiro atoms. The van der Waals surface area contributed by atoms with E-state index >= 15 is 0 Å². The number of carbonyl (C=O) groups excluding carboxylic acids is 1. The lowest BCUT2D eigenvalue weighted by Crippen LogP contribution is -2.40. The van der Waals surface area contributed by atoms with Crippen molar-refractivity contribution in [2.24, 2.45) is 0 Å². The first kappa shape index (κ1) is 21.7. The quantitative estimate of drug-likeness (QED) is 0.584. The van der Waals surface area contributed by atoms with Crippen LogP contribution in [0.2, 0.25) is 0 Å². The molecule has 0 atom stereocenters. The number of imidazole rings is 1. The third kappa shape index (κ3) is 4.86.